The molecule has 1 aliphatic heterocycles. The van der Waals surface area contributed by atoms with E-state index in [1.807, 2.05) is 20.8 Å². The highest BCUT2D eigenvalue weighted by Gasteiger charge is 2.26. The van der Waals surface area contributed by atoms with Crippen molar-refractivity contribution in [2.75, 3.05) is 13.1 Å². The van der Waals surface area contributed by atoms with Crippen LogP contribution in [-0.2, 0) is 9.53 Å². The van der Waals surface area contributed by atoms with Crippen LogP contribution in [0.1, 0.15) is 33.2 Å². The lowest BCUT2D eigenvalue weighted by Gasteiger charge is -2.28. The van der Waals surface area contributed by atoms with Gasteiger partial charge in [-0.25, -0.2) is 0 Å². The average Bonchev–Trinajstić information content (AvgIpc) is 2.88. The van der Waals surface area contributed by atoms with Crippen LogP contribution in [0.2, 0.25) is 0 Å². The molecule has 1 aromatic heterocycles. The highest BCUT2D eigenvalue weighted by molar-refractivity contribution is 5.37. The molecule has 2 heterocycles. The smallest absolute Gasteiger partial charge is 0.307 e. The molecule has 0 amide bonds. The minimum absolute atomic E-state index is 0.0410. The van der Waals surface area contributed by atoms with Crippen molar-refractivity contribution in [2.45, 2.75) is 44.9 Å². The van der Waals surface area contributed by atoms with E-state index < -0.39 is 11.0 Å². The van der Waals surface area contributed by atoms with Crippen molar-refractivity contribution in [1.82, 2.24) is 15.1 Å². The molecule has 0 bridgehead atoms. The van der Waals surface area contributed by atoms with Crippen molar-refractivity contribution in [3.8, 4) is 0 Å². The van der Waals surface area contributed by atoms with Crippen LogP contribution in [0.4, 0.5) is 5.69 Å². The number of aliphatic hydroxyl groups excluding tert-OH is 1. The fourth-order valence-electron chi connectivity index (χ4n) is 1.88. The summed E-state index contributed by atoms with van der Waals surface area (Å²) in [6.45, 7) is 7.21. The minimum atomic E-state index is -0.543. The fraction of sp³-hybridized carbons (Fsp3) is 0.692. The molecular weight excluding hydrogens is 292 g/mol. The number of hydrogen-bond donors (Lipinski definition) is 2. The maximum absolute atomic E-state index is 10.5. The Labute approximate surface area is 128 Å². The van der Waals surface area contributed by atoms with Gasteiger partial charge in [-0.3, -0.25) is 19.6 Å². The molecule has 2 unspecified atom stereocenters. The van der Waals surface area contributed by atoms with Crippen LogP contribution in [0, 0.1) is 10.1 Å². The summed E-state index contributed by atoms with van der Waals surface area (Å²) in [7, 11) is 0. The third-order valence-corrected chi connectivity index (χ3v) is 2.95. The summed E-state index contributed by atoms with van der Waals surface area (Å²) in [5, 5.41) is 27.1. The monoisotopic (exact) mass is 314 g/mol. The molecule has 1 aliphatic rings. The second-order valence-corrected chi connectivity index (χ2v) is 5.89. The second kappa shape index (κ2) is 7.85. The third-order valence-electron chi connectivity index (χ3n) is 2.95. The highest BCUT2D eigenvalue weighted by atomic mass is 16.6. The molecule has 9 heteroatoms. The van der Waals surface area contributed by atoms with E-state index in [0.717, 1.165) is 13.0 Å². The largest absolute Gasteiger partial charge is 0.462 e. The molecule has 0 spiro atoms. The molecule has 0 aromatic carbocycles. The SMILES string of the molecule is CC(C)(C)OC=O.O=[N+]([O-])c1cnn(C2CCNCC2O)c1. The first-order chi connectivity index (χ1) is 10.2. The number of ether oxygens (including phenoxy) is 1. The predicted octanol–water partition coefficient (Wildman–Crippen LogP) is 0.644. The van der Waals surface area contributed by atoms with Crippen LogP contribution in [0.15, 0.2) is 12.4 Å². The Hall–Kier alpha value is -2.00. The van der Waals surface area contributed by atoms with Crippen molar-refractivity contribution < 1.29 is 19.6 Å². The molecule has 0 aliphatic carbocycles. The van der Waals surface area contributed by atoms with Gasteiger partial charge in [0.15, 0.2) is 0 Å². The number of nitrogens with one attached hydrogen (secondary N) is 1. The number of aromatic nitrogens is 2. The zero-order chi connectivity index (χ0) is 16.8. The number of rotatable bonds is 3. The summed E-state index contributed by atoms with van der Waals surface area (Å²) in [5.41, 5.74) is -0.359. The summed E-state index contributed by atoms with van der Waals surface area (Å²) in [4.78, 5) is 19.6. The van der Waals surface area contributed by atoms with Gasteiger partial charge in [-0.1, -0.05) is 0 Å². The number of carbonyl (C=O) groups excluding carboxylic acids is 1. The van der Waals surface area contributed by atoms with E-state index >= 15 is 0 Å². The number of carbonyl (C=O) groups is 1. The van der Waals surface area contributed by atoms with Crippen LogP contribution in [0.25, 0.3) is 0 Å². The molecule has 124 valence electrons. The quantitative estimate of drug-likeness (QED) is 0.477. The lowest BCUT2D eigenvalue weighted by molar-refractivity contribution is -0.385. The number of hydrogen-bond acceptors (Lipinski definition) is 7. The lowest BCUT2D eigenvalue weighted by Crippen LogP contribution is -2.41. The number of β-amino-alcohol motifs (C(OH)–C–C–N with tert-alkyl or cyclic N) is 1. The first-order valence-corrected chi connectivity index (χ1v) is 6.93. The van der Waals surface area contributed by atoms with Gasteiger partial charge in [-0.2, -0.15) is 5.10 Å². The molecule has 2 N–H and O–H groups in total. The van der Waals surface area contributed by atoms with Crippen LogP contribution in [0.5, 0.6) is 0 Å². The topological polar surface area (TPSA) is 120 Å². The van der Waals surface area contributed by atoms with Gasteiger partial charge in [-0.05, 0) is 33.7 Å². The molecule has 0 radical (unpaired) electrons. The van der Waals surface area contributed by atoms with E-state index in [9.17, 15) is 20.0 Å². The predicted molar refractivity (Wildman–Crippen MR) is 78.3 cm³/mol. The van der Waals surface area contributed by atoms with Gasteiger partial charge in [0.2, 0.25) is 0 Å². The number of piperidine rings is 1. The first kappa shape index (κ1) is 18.1. The molecule has 22 heavy (non-hydrogen) atoms. The number of nitro groups is 1. The van der Waals surface area contributed by atoms with Gasteiger partial charge < -0.3 is 15.2 Å². The van der Waals surface area contributed by atoms with E-state index in [1.165, 1.54) is 17.1 Å². The maximum Gasteiger partial charge on any atom is 0.307 e. The Morgan fingerprint density at radius 2 is 2.27 bits per heavy atom. The molecule has 1 aromatic rings. The summed E-state index contributed by atoms with van der Waals surface area (Å²) in [6, 6.07) is -0.167. The normalized spacial score (nSPS) is 21.5. The maximum atomic E-state index is 10.5. The molecular formula is C13H22N4O5. The minimum Gasteiger partial charge on any atom is -0.462 e. The Bertz CT molecular complexity index is 497. The Morgan fingerprint density at radius 3 is 2.68 bits per heavy atom. The van der Waals surface area contributed by atoms with E-state index in [-0.39, 0.29) is 17.3 Å². The standard InChI is InChI=1S/C8H12N4O3.C5H10O2/c13-8-4-9-2-1-7(8)11-5-6(3-10-11)12(14)15;1-5(2,3)7-4-6/h3,5,7-9,13H,1-2,4H2;4H,1-3H3. The lowest BCUT2D eigenvalue weighted by atomic mass is 10.0. The van der Waals surface area contributed by atoms with Crippen LogP contribution in [-0.4, -0.2) is 51.1 Å². The Kier molecular flexibility index (Phi) is 6.44. The highest BCUT2D eigenvalue weighted by Crippen LogP contribution is 2.20. The van der Waals surface area contributed by atoms with Crippen molar-refractivity contribution >= 4 is 12.2 Å². The van der Waals surface area contributed by atoms with Crippen LogP contribution < -0.4 is 5.32 Å². The molecule has 0 saturated carbocycles. The van der Waals surface area contributed by atoms with Gasteiger partial charge in [0, 0.05) is 6.54 Å². The molecule has 1 saturated heterocycles. The Morgan fingerprint density at radius 1 is 1.59 bits per heavy atom. The summed E-state index contributed by atoms with van der Waals surface area (Å²) >= 11 is 0. The van der Waals surface area contributed by atoms with Gasteiger partial charge in [0.05, 0.1) is 17.1 Å². The van der Waals surface area contributed by atoms with E-state index in [2.05, 4.69) is 15.2 Å². The van der Waals surface area contributed by atoms with Gasteiger partial charge in [0.25, 0.3) is 6.47 Å². The average molecular weight is 314 g/mol. The van der Waals surface area contributed by atoms with Crippen LogP contribution in [0.3, 0.4) is 0 Å². The zero-order valence-corrected chi connectivity index (χ0v) is 12.9. The fourth-order valence-corrected chi connectivity index (χ4v) is 1.88. The van der Waals surface area contributed by atoms with E-state index in [4.69, 9.17) is 0 Å². The van der Waals surface area contributed by atoms with Gasteiger partial charge >= 0.3 is 5.69 Å². The summed E-state index contributed by atoms with van der Waals surface area (Å²) < 4.78 is 6.02. The number of nitrogens with zero attached hydrogens (tertiary/aromatic N) is 3. The third kappa shape index (κ3) is 5.78. The number of aliphatic hydroxyl groups is 1. The van der Waals surface area contributed by atoms with Crippen molar-refractivity contribution in [3.05, 3.63) is 22.5 Å². The molecule has 2 rings (SSSR count). The van der Waals surface area contributed by atoms with Crippen molar-refractivity contribution in [1.29, 1.82) is 0 Å². The first-order valence-electron chi connectivity index (χ1n) is 6.93. The zero-order valence-electron chi connectivity index (χ0n) is 12.9. The second-order valence-electron chi connectivity index (χ2n) is 5.89. The summed E-state index contributed by atoms with van der Waals surface area (Å²) in [6.07, 6.45) is 2.74. The van der Waals surface area contributed by atoms with Crippen LogP contribution >= 0.6 is 0 Å². The van der Waals surface area contributed by atoms with Crippen molar-refractivity contribution in [2.24, 2.45) is 0 Å². The summed E-state index contributed by atoms with van der Waals surface area (Å²) in [5.74, 6) is 0. The van der Waals surface area contributed by atoms with Gasteiger partial charge in [0.1, 0.15) is 18.0 Å². The Balaban J connectivity index is 0.000000295. The van der Waals surface area contributed by atoms with E-state index in [1.54, 1.807) is 0 Å². The van der Waals surface area contributed by atoms with Crippen molar-refractivity contribution in [3.63, 3.8) is 0 Å². The van der Waals surface area contributed by atoms with Gasteiger partial charge in [-0.15, -0.1) is 0 Å². The molecule has 9 nitrogen and oxygen atoms in total. The van der Waals surface area contributed by atoms with E-state index in [0.29, 0.717) is 13.0 Å². The molecule has 1 fully saturated rings. The molecule has 2 atom stereocenters.